The van der Waals surface area contributed by atoms with Crippen LogP contribution in [-0.4, -0.2) is 11.7 Å². The van der Waals surface area contributed by atoms with Gasteiger partial charge in [-0.15, -0.1) is 0 Å². The van der Waals surface area contributed by atoms with E-state index >= 15 is 0 Å². The number of halogens is 1. The van der Waals surface area contributed by atoms with E-state index in [1.165, 1.54) is 13.0 Å². The zero-order valence-electron chi connectivity index (χ0n) is 7.63. The van der Waals surface area contributed by atoms with E-state index in [9.17, 15) is 9.50 Å². The Morgan fingerprint density at radius 2 is 2.23 bits per heavy atom. The summed E-state index contributed by atoms with van der Waals surface area (Å²) in [7, 11) is 0. The molecule has 0 aromatic heterocycles. The molecule has 0 aliphatic heterocycles. The molecule has 1 rings (SSSR count). The number of hydrogen-bond acceptors (Lipinski definition) is 2. The normalized spacial score (nSPS) is 12.8. The van der Waals surface area contributed by atoms with Crippen molar-refractivity contribution in [2.75, 3.05) is 6.54 Å². The number of hydrogen-bond donors (Lipinski definition) is 2. The molecule has 1 atom stereocenters. The van der Waals surface area contributed by atoms with Crippen molar-refractivity contribution in [1.29, 1.82) is 0 Å². The zero-order chi connectivity index (χ0) is 9.84. The molecule has 1 aromatic carbocycles. The highest BCUT2D eigenvalue weighted by atomic mass is 19.1. The van der Waals surface area contributed by atoms with Gasteiger partial charge in [-0.05, 0) is 37.6 Å². The minimum atomic E-state index is -1.14. The minimum Gasteiger partial charge on any atom is -0.508 e. The van der Waals surface area contributed by atoms with Crippen molar-refractivity contribution in [2.45, 2.75) is 19.5 Å². The third-order valence-corrected chi connectivity index (χ3v) is 1.95. The van der Waals surface area contributed by atoms with Crippen molar-refractivity contribution in [2.24, 2.45) is 5.73 Å². The van der Waals surface area contributed by atoms with Gasteiger partial charge in [-0.1, -0.05) is 6.07 Å². The molecule has 0 fully saturated rings. The van der Waals surface area contributed by atoms with Crippen LogP contribution in [-0.2, 0) is 6.42 Å². The first-order chi connectivity index (χ1) is 6.15. The van der Waals surface area contributed by atoms with E-state index < -0.39 is 6.17 Å². The molecule has 0 heterocycles. The molecule has 1 unspecified atom stereocenters. The van der Waals surface area contributed by atoms with Crippen molar-refractivity contribution in [3.8, 4) is 5.75 Å². The van der Waals surface area contributed by atoms with E-state index in [2.05, 4.69) is 0 Å². The molecule has 72 valence electrons. The molecule has 0 saturated carbocycles. The first kappa shape index (κ1) is 9.99. The van der Waals surface area contributed by atoms with Gasteiger partial charge < -0.3 is 10.8 Å². The Balaban J connectivity index is 2.97. The van der Waals surface area contributed by atoms with Gasteiger partial charge in [0, 0.05) is 5.56 Å². The van der Waals surface area contributed by atoms with Crippen molar-refractivity contribution in [1.82, 2.24) is 0 Å². The summed E-state index contributed by atoms with van der Waals surface area (Å²) in [5.41, 5.74) is 6.67. The Kier molecular flexibility index (Phi) is 3.25. The minimum absolute atomic E-state index is 0.00997. The molecule has 1 aromatic rings. The number of phenolic OH excluding ortho intramolecular Hbond substituents is 1. The smallest absolute Gasteiger partial charge is 0.126 e. The lowest BCUT2D eigenvalue weighted by Crippen LogP contribution is -2.03. The maximum atomic E-state index is 12.9. The van der Waals surface area contributed by atoms with Crippen LogP contribution < -0.4 is 5.73 Å². The summed E-state index contributed by atoms with van der Waals surface area (Å²) < 4.78 is 12.9. The highest BCUT2D eigenvalue weighted by molar-refractivity contribution is 5.37. The van der Waals surface area contributed by atoms with Crippen molar-refractivity contribution < 1.29 is 9.50 Å². The molecule has 0 saturated heterocycles. The van der Waals surface area contributed by atoms with Gasteiger partial charge in [-0.25, -0.2) is 4.39 Å². The molecular formula is C10H14FNO. The second kappa shape index (κ2) is 4.23. The third-order valence-electron chi connectivity index (χ3n) is 1.95. The molecule has 3 N–H and O–H groups in total. The lowest BCUT2D eigenvalue weighted by molar-refractivity contribution is 0.356. The number of benzene rings is 1. The number of alkyl halides is 1. The molecule has 0 amide bonds. The number of rotatable bonds is 3. The van der Waals surface area contributed by atoms with Crippen LogP contribution in [0.15, 0.2) is 18.2 Å². The Morgan fingerprint density at radius 3 is 2.77 bits per heavy atom. The maximum Gasteiger partial charge on any atom is 0.126 e. The molecule has 0 bridgehead atoms. The number of phenols is 1. The summed E-state index contributed by atoms with van der Waals surface area (Å²) in [4.78, 5) is 0. The van der Waals surface area contributed by atoms with Gasteiger partial charge in [0.05, 0.1) is 0 Å². The SMILES string of the molecule is CC(F)c1cc(CCN)ccc1O. The number of aromatic hydroxyl groups is 1. The molecule has 0 radical (unpaired) electrons. The second-order valence-corrected chi connectivity index (χ2v) is 3.05. The summed E-state index contributed by atoms with van der Waals surface area (Å²) in [6.07, 6.45) is -0.433. The van der Waals surface area contributed by atoms with E-state index in [0.29, 0.717) is 18.5 Å². The van der Waals surface area contributed by atoms with E-state index in [0.717, 1.165) is 5.56 Å². The average molecular weight is 183 g/mol. The predicted octanol–water partition coefficient (Wildman–Crippen LogP) is 1.92. The van der Waals surface area contributed by atoms with Gasteiger partial charge >= 0.3 is 0 Å². The Hall–Kier alpha value is -1.09. The van der Waals surface area contributed by atoms with Gasteiger partial charge in [0.1, 0.15) is 11.9 Å². The summed E-state index contributed by atoms with van der Waals surface area (Å²) >= 11 is 0. The van der Waals surface area contributed by atoms with Gasteiger partial charge in [0.25, 0.3) is 0 Å². The van der Waals surface area contributed by atoms with Crippen LogP contribution in [0.5, 0.6) is 5.75 Å². The molecule has 3 heteroatoms. The number of nitrogens with two attached hydrogens (primary N) is 1. The van der Waals surface area contributed by atoms with E-state index in [-0.39, 0.29) is 5.75 Å². The van der Waals surface area contributed by atoms with Gasteiger partial charge in [0.2, 0.25) is 0 Å². The van der Waals surface area contributed by atoms with E-state index in [1.54, 1.807) is 12.1 Å². The molecule has 0 spiro atoms. The van der Waals surface area contributed by atoms with Crippen LogP contribution >= 0.6 is 0 Å². The van der Waals surface area contributed by atoms with Crippen LogP contribution in [0.3, 0.4) is 0 Å². The van der Waals surface area contributed by atoms with Gasteiger partial charge in [-0.2, -0.15) is 0 Å². The maximum absolute atomic E-state index is 12.9. The molecule has 0 aliphatic carbocycles. The second-order valence-electron chi connectivity index (χ2n) is 3.05. The van der Waals surface area contributed by atoms with Crippen LogP contribution in [0.2, 0.25) is 0 Å². The van der Waals surface area contributed by atoms with Crippen LogP contribution in [0.25, 0.3) is 0 Å². The van der Waals surface area contributed by atoms with Crippen molar-refractivity contribution in [3.63, 3.8) is 0 Å². The summed E-state index contributed by atoms with van der Waals surface area (Å²) in [5, 5.41) is 9.30. The topological polar surface area (TPSA) is 46.2 Å². The van der Waals surface area contributed by atoms with E-state index in [1.807, 2.05) is 0 Å². The molecular weight excluding hydrogens is 169 g/mol. The monoisotopic (exact) mass is 183 g/mol. The fourth-order valence-electron chi connectivity index (χ4n) is 1.24. The summed E-state index contributed by atoms with van der Waals surface area (Å²) in [5.74, 6) is 0.00997. The fraction of sp³-hybridized carbons (Fsp3) is 0.400. The first-order valence-electron chi connectivity index (χ1n) is 4.31. The standard InChI is InChI=1S/C10H14FNO/c1-7(11)9-6-8(4-5-12)2-3-10(9)13/h2-3,6-7,13H,4-5,12H2,1H3. The van der Waals surface area contributed by atoms with Crippen molar-refractivity contribution >= 4 is 0 Å². The molecule has 2 nitrogen and oxygen atoms in total. The van der Waals surface area contributed by atoms with Gasteiger partial charge in [0.15, 0.2) is 0 Å². The summed E-state index contributed by atoms with van der Waals surface area (Å²) in [6, 6.07) is 4.93. The lowest BCUT2D eigenvalue weighted by Gasteiger charge is -2.07. The van der Waals surface area contributed by atoms with E-state index in [4.69, 9.17) is 5.73 Å². The third kappa shape index (κ3) is 2.42. The highest BCUT2D eigenvalue weighted by Crippen LogP contribution is 2.27. The Morgan fingerprint density at radius 1 is 1.54 bits per heavy atom. The largest absolute Gasteiger partial charge is 0.508 e. The Labute approximate surface area is 77.2 Å². The zero-order valence-corrected chi connectivity index (χ0v) is 7.63. The predicted molar refractivity (Wildman–Crippen MR) is 50.4 cm³/mol. The quantitative estimate of drug-likeness (QED) is 0.752. The van der Waals surface area contributed by atoms with Crippen LogP contribution in [0.1, 0.15) is 24.2 Å². The molecule has 13 heavy (non-hydrogen) atoms. The van der Waals surface area contributed by atoms with Crippen molar-refractivity contribution in [3.05, 3.63) is 29.3 Å². The van der Waals surface area contributed by atoms with Gasteiger partial charge in [-0.3, -0.25) is 0 Å². The molecule has 0 aliphatic rings. The van der Waals surface area contributed by atoms with Crippen LogP contribution in [0, 0.1) is 0 Å². The lowest BCUT2D eigenvalue weighted by atomic mass is 10.0. The first-order valence-corrected chi connectivity index (χ1v) is 4.31. The van der Waals surface area contributed by atoms with Crippen LogP contribution in [0.4, 0.5) is 4.39 Å². The highest BCUT2D eigenvalue weighted by Gasteiger charge is 2.08. The average Bonchev–Trinajstić information content (AvgIpc) is 2.08. The Bertz CT molecular complexity index is 286. The summed E-state index contributed by atoms with van der Waals surface area (Å²) in [6.45, 7) is 1.94. The fourth-order valence-corrected chi connectivity index (χ4v) is 1.24.